The van der Waals surface area contributed by atoms with Crippen molar-refractivity contribution in [3.8, 4) is 28.5 Å². The molecule has 4 aliphatic rings. The zero-order valence-electron chi connectivity index (χ0n) is 29.5. The Hall–Kier alpha value is -5.58. The third-order valence-electron chi connectivity index (χ3n) is 11.0. The van der Waals surface area contributed by atoms with Gasteiger partial charge in [-0.25, -0.2) is 0 Å². The van der Waals surface area contributed by atoms with E-state index in [1.165, 1.54) is 5.56 Å². The van der Waals surface area contributed by atoms with Crippen molar-refractivity contribution in [2.24, 2.45) is 0 Å². The molecule has 1 aromatic heterocycles. The van der Waals surface area contributed by atoms with Gasteiger partial charge in [-0.3, -0.25) is 14.5 Å². The minimum Gasteiger partial charge on any atom is -0.508 e. The normalized spacial score (nSPS) is 19.0. The summed E-state index contributed by atoms with van der Waals surface area (Å²) < 4.78 is 20.1. The summed E-state index contributed by atoms with van der Waals surface area (Å²) in [5.74, 6) is 0.973. The van der Waals surface area contributed by atoms with Gasteiger partial charge in [-0.1, -0.05) is 42.5 Å². The van der Waals surface area contributed by atoms with Gasteiger partial charge in [0.1, 0.15) is 5.75 Å². The number of para-hydroxylation sites is 1. The average Bonchev–Trinajstić information content (AvgIpc) is 3.83. The molecule has 10 nitrogen and oxygen atoms in total. The summed E-state index contributed by atoms with van der Waals surface area (Å²) in [7, 11) is 0. The monoisotopic (exact) mass is 710 g/mol. The number of hydrogen-bond donors (Lipinski definition) is 2. The first kappa shape index (κ1) is 33.3. The van der Waals surface area contributed by atoms with Crippen molar-refractivity contribution in [3.63, 3.8) is 0 Å². The molecule has 4 aromatic carbocycles. The van der Waals surface area contributed by atoms with Crippen molar-refractivity contribution < 1.29 is 28.9 Å². The summed E-state index contributed by atoms with van der Waals surface area (Å²) in [6.45, 7) is 3.53. The van der Waals surface area contributed by atoms with E-state index in [9.17, 15) is 9.90 Å². The maximum absolute atomic E-state index is 15.1. The van der Waals surface area contributed by atoms with E-state index in [2.05, 4.69) is 28.1 Å². The zero-order valence-corrected chi connectivity index (χ0v) is 29.5. The van der Waals surface area contributed by atoms with Crippen molar-refractivity contribution in [2.75, 3.05) is 31.4 Å². The molecular weight excluding hydrogens is 668 g/mol. The third-order valence-corrected chi connectivity index (χ3v) is 11.0. The number of fused-ring (bicyclic) bond motifs is 3. The Bertz CT molecular complexity index is 2160. The lowest BCUT2D eigenvalue weighted by Gasteiger charge is -2.39. The first-order valence-corrected chi connectivity index (χ1v) is 18.6. The predicted molar refractivity (Wildman–Crippen MR) is 201 cm³/mol. The smallest absolute Gasteiger partial charge is 0.264 e. The van der Waals surface area contributed by atoms with Crippen molar-refractivity contribution in [1.82, 2.24) is 14.8 Å². The van der Waals surface area contributed by atoms with Crippen LogP contribution in [0.25, 0.3) is 11.3 Å². The first-order valence-electron chi connectivity index (χ1n) is 18.6. The summed E-state index contributed by atoms with van der Waals surface area (Å²) >= 11 is 0. The van der Waals surface area contributed by atoms with Gasteiger partial charge in [0.25, 0.3) is 11.8 Å². The molecule has 5 heterocycles. The molecule has 0 spiro atoms. The van der Waals surface area contributed by atoms with Crippen LogP contribution in [0.4, 0.5) is 11.4 Å². The number of phenols is 1. The van der Waals surface area contributed by atoms with E-state index in [1.807, 2.05) is 59.5 Å². The van der Waals surface area contributed by atoms with E-state index >= 15 is 4.79 Å². The lowest BCUT2D eigenvalue weighted by atomic mass is 9.89. The molecule has 4 aliphatic heterocycles. The van der Waals surface area contributed by atoms with Gasteiger partial charge < -0.3 is 34.1 Å². The first-order chi connectivity index (χ1) is 26.0. The maximum Gasteiger partial charge on any atom is 0.264 e. The van der Waals surface area contributed by atoms with E-state index in [-0.39, 0.29) is 36.5 Å². The number of nitrogens with zero attached hydrogens (tertiary/aromatic N) is 3. The van der Waals surface area contributed by atoms with Gasteiger partial charge in [-0.2, -0.15) is 0 Å². The molecule has 10 heteroatoms. The molecule has 0 saturated carbocycles. The third kappa shape index (κ3) is 6.32. The second-order valence-corrected chi connectivity index (χ2v) is 14.2. The van der Waals surface area contributed by atoms with Gasteiger partial charge in [0.05, 0.1) is 23.8 Å². The Kier molecular flexibility index (Phi) is 8.85. The van der Waals surface area contributed by atoms with Crippen LogP contribution in [0, 0.1) is 0 Å². The lowest BCUT2D eigenvalue weighted by molar-refractivity contribution is 0.00272. The number of anilines is 2. The van der Waals surface area contributed by atoms with Gasteiger partial charge in [-0.15, -0.1) is 0 Å². The second-order valence-electron chi connectivity index (χ2n) is 14.2. The van der Waals surface area contributed by atoms with E-state index < -0.39 is 0 Å². The number of carbonyl (C=O) groups excluding carboxylic acids is 2. The van der Waals surface area contributed by atoms with E-state index in [1.54, 1.807) is 29.2 Å². The van der Waals surface area contributed by atoms with Crippen LogP contribution < -0.4 is 19.7 Å². The lowest BCUT2D eigenvalue weighted by Crippen LogP contribution is -2.49. The van der Waals surface area contributed by atoms with Gasteiger partial charge in [-0.05, 0) is 97.8 Å². The molecule has 5 aromatic rings. The molecule has 0 bridgehead atoms. The number of carbonyl (C=O) groups is 2. The fourth-order valence-corrected chi connectivity index (χ4v) is 8.36. The molecular formula is C43H42N4O6. The number of morpholine rings is 1. The molecule has 53 heavy (non-hydrogen) atoms. The van der Waals surface area contributed by atoms with Crippen LogP contribution in [0.15, 0.2) is 97.1 Å². The van der Waals surface area contributed by atoms with Crippen molar-refractivity contribution in [1.29, 1.82) is 0 Å². The van der Waals surface area contributed by atoms with Gasteiger partial charge in [0.2, 0.25) is 6.79 Å². The maximum atomic E-state index is 15.1. The van der Waals surface area contributed by atoms with Crippen LogP contribution in [-0.4, -0.2) is 65.0 Å². The van der Waals surface area contributed by atoms with E-state index in [0.717, 1.165) is 68.7 Å². The molecule has 270 valence electrons. The average molecular weight is 711 g/mol. The van der Waals surface area contributed by atoms with Gasteiger partial charge in [0, 0.05) is 60.5 Å². The van der Waals surface area contributed by atoms with Crippen LogP contribution in [-0.2, 0) is 30.7 Å². The van der Waals surface area contributed by atoms with Crippen molar-refractivity contribution in [3.05, 3.63) is 125 Å². The summed E-state index contributed by atoms with van der Waals surface area (Å²) in [6, 6.07) is 30.2. The highest BCUT2D eigenvalue weighted by Crippen LogP contribution is 2.43. The predicted octanol–water partition coefficient (Wildman–Crippen LogP) is 6.85. The number of phenolic OH excluding ortho intramolecular Hbond substituents is 1. The molecule has 9 rings (SSSR count). The fraction of sp³-hybridized carbons (Fsp3) is 0.302. The highest BCUT2D eigenvalue weighted by Gasteiger charge is 2.36. The zero-order chi connectivity index (χ0) is 35.9. The highest BCUT2D eigenvalue weighted by atomic mass is 16.7. The Balaban J connectivity index is 1.15. The van der Waals surface area contributed by atoms with Crippen LogP contribution in [0.1, 0.15) is 56.8 Å². The number of ether oxygens (including phenoxy) is 3. The molecule has 2 N–H and O–H groups in total. The van der Waals surface area contributed by atoms with Crippen LogP contribution in [0.2, 0.25) is 0 Å². The molecule has 0 radical (unpaired) electrons. The number of rotatable bonds is 7. The quantitative estimate of drug-likeness (QED) is 0.190. The fourth-order valence-electron chi connectivity index (χ4n) is 8.36. The minimum absolute atomic E-state index is 0.0119. The molecule has 1 saturated heterocycles. The number of aromatic nitrogens is 1. The molecule has 1 fully saturated rings. The van der Waals surface area contributed by atoms with Crippen molar-refractivity contribution >= 4 is 23.2 Å². The summed E-state index contributed by atoms with van der Waals surface area (Å²) in [5.41, 5.74) is 7.32. The second kappa shape index (κ2) is 14.1. The number of hydrogen-bond acceptors (Lipinski definition) is 7. The van der Waals surface area contributed by atoms with Gasteiger partial charge in [0.15, 0.2) is 11.5 Å². The Labute approximate surface area is 308 Å². The summed E-state index contributed by atoms with van der Waals surface area (Å²) in [4.78, 5) is 33.7. The largest absolute Gasteiger partial charge is 0.508 e. The number of aromatic hydroxyl groups is 1. The molecule has 0 aliphatic carbocycles. The number of amides is 2. The van der Waals surface area contributed by atoms with Crippen LogP contribution in [0.3, 0.4) is 0 Å². The summed E-state index contributed by atoms with van der Waals surface area (Å²) in [6.07, 6.45) is 4.11. The molecule has 2 amide bonds. The standard InChI is InChI=1S/C43H42N4O6/c48-33-15-13-31(14-16-33)47(30-10-2-1-3-11-30)43(50)37-22-39(45-18-7-6-12-38(37)45)35-23-40-41(53-27-52-40)24-36(35)42(49)46-26-29-9-5-4-8-28(29)20-32(46)21-34-25-44-17-19-51-34/h1-5,8-11,13-16,22-24,32,34,44,48H,6-7,12,17-21,25-27H2/t32-,34?/m0/s1. The Morgan fingerprint density at radius 2 is 1.60 bits per heavy atom. The van der Waals surface area contributed by atoms with Crippen LogP contribution >= 0.6 is 0 Å². The SMILES string of the molecule is O=C(c1cc(-c2cc3c(cc2C(=O)N2Cc4ccccc4C[C@H]2CC2CNCCO2)OCO3)n2c1CCCC2)N(c1ccccc1)c1ccc(O)cc1. The molecule has 1 unspecified atom stereocenters. The van der Waals surface area contributed by atoms with E-state index in [0.29, 0.717) is 52.7 Å². The Morgan fingerprint density at radius 1 is 0.849 bits per heavy atom. The highest BCUT2D eigenvalue weighted by molar-refractivity contribution is 6.12. The van der Waals surface area contributed by atoms with Crippen molar-refractivity contribution in [2.45, 2.75) is 57.3 Å². The van der Waals surface area contributed by atoms with E-state index in [4.69, 9.17) is 14.2 Å². The minimum atomic E-state index is -0.179. The molecule has 2 atom stereocenters. The summed E-state index contributed by atoms with van der Waals surface area (Å²) in [5, 5.41) is 13.5. The number of nitrogens with one attached hydrogen (secondary N) is 1. The van der Waals surface area contributed by atoms with Crippen LogP contribution in [0.5, 0.6) is 17.2 Å². The Morgan fingerprint density at radius 3 is 2.40 bits per heavy atom. The number of benzene rings is 4. The topological polar surface area (TPSA) is 106 Å². The van der Waals surface area contributed by atoms with Gasteiger partial charge >= 0.3 is 0 Å².